The topological polar surface area (TPSA) is 54.7 Å². The normalized spacial score (nSPS) is 18.9. The number of aromatic nitrogens is 1. The smallest absolute Gasteiger partial charge is 0.327 e. The van der Waals surface area contributed by atoms with E-state index in [9.17, 15) is 22.8 Å². The van der Waals surface area contributed by atoms with E-state index in [-0.39, 0.29) is 24.6 Å². The first-order valence-electron chi connectivity index (χ1n) is 7.42. The van der Waals surface area contributed by atoms with E-state index in [0.29, 0.717) is 4.80 Å². The van der Waals surface area contributed by atoms with E-state index in [1.807, 2.05) is 0 Å². The van der Waals surface area contributed by atoms with Gasteiger partial charge >= 0.3 is 6.18 Å². The molecule has 1 aromatic carbocycles. The predicted molar refractivity (Wildman–Crippen MR) is 85.8 cm³/mol. The Morgan fingerprint density at radius 3 is 2.76 bits per heavy atom. The summed E-state index contributed by atoms with van der Waals surface area (Å²) >= 11 is 1.29. The molecule has 1 atom stereocenters. The van der Waals surface area contributed by atoms with Crippen LogP contribution < -0.4 is 9.70 Å². The Hall–Kier alpha value is -2.42. The minimum atomic E-state index is -4.49. The van der Waals surface area contributed by atoms with Crippen LogP contribution in [0.4, 0.5) is 18.9 Å². The van der Waals surface area contributed by atoms with Crippen molar-refractivity contribution in [1.82, 2.24) is 4.57 Å². The minimum Gasteiger partial charge on any atom is -0.327 e. The quantitative estimate of drug-likeness (QED) is 0.817. The highest BCUT2D eigenvalue weighted by molar-refractivity contribution is 7.07. The van der Waals surface area contributed by atoms with Gasteiger partial charge in [-0.15, -0.1) is 11.3 Å². The zero-order chi connectivity index (χ0) is 18.2. The van der Waals surface area contributed by atoms with Crippen molar-refractivity contribution in [3.8, 4) is 0 Å². The van der Waals surface area contributed by atoms with Gasteiger partial charge in [0.25, 0.3) is 5.91 Å². The molecular weight excluding hydrogens is 355 g/mol. The van der Waals surface area contributed by atoms with Gasteiger partial charge in [0.05, 0.1) is 11.5 Å². The fourth-order valence-electron chi connectivity index (χ4n) is 2.59. The Kier molecular flexibility index (Phi) is 4.51. The number of nitrogens with zero attached hydrogens (tertiary/aromatic N) is 3. The Bertz CT molecular complexity index is 885. The number of aryl methyl sites for hydroxylation is 1. The molecular formula is C16H14F3N3O2S. The average molecular weight is 369 g/mol. The molecule has 3 rings (SSSR count). The molecule has 132 valence electrons. The second kappa shape index (κ2) is 6.47. The van der Waals surface area contributed by atoms with Crippen molar-refractivity contribution >= 4 is 28.8 Å². The molecule has 0 radical (unpaired) electrons. The lowest BCUT2D eigenvalue weighted by Crippen LogP contribution is -2.26. The van der Waals surface area contributed by atoms with Crippen LogP contribution in [0.1, 0.15) is 12.0 Å². The number of hydrogen-bond donors (Lipinski definition) is 0. The summed E-state index contributed by atoms with van der Waals surface area (Å²) in [6.07, 6.45) is -2.80. The monoisotopic (exact) mass is 369 g/mol. The van der Waals surface area contributed by atoms with Gasteiger partial charge in [0, 0.05) is 37.3 Å². The van der Waals surface area contributed by atoms with Gasteiger partial charge < -0.3 is 9.47 Å². The van der Waals surface area contributed by atoms with Crippen molar-refractivity contribution in [1.29, 1.82) is 0 Å². The lowest BCUT2D eigenvalue weighted by atomic mass is 10.1. The molecule has 0 unspecified atom stereocenters. The maximum Gasteiger partial charge on any atom is 0.416 e. The number of carbonyl (C=O) groups is 2. The molecule has 0 aliphatic carbocycles. The molecule has 1 aliphatic heterocycles. The average Bonchev–Trinajstić information content (AvgIpc) is 3.13. The van der Waals surface area contributed by atoms with E-state index in [1.54, 1.807) is 23.2 Å². The molecule has 1 saturated heterocycles. The van der Waals surface area contributed by atoms with Gasteiger partial charge in [-0.25, -0.2) is 0 Å². The van der Waals surface area contributed by atoms with Crippen molar-refractivity contribution in [2.75, 3.05) is 11.4 Å². The first kappa shape index (κ1) is 17.4. The van der Waals surface area contributed by atoms with Crippen LogP contribution >= 0.6 is 11.3 Å². The van der Waals surface area contributed by atoms with Crippen LogP contribution in [0.25, 0.3) is 0 Å². The predicted octanol–water partition coefficient (Wildman–Crippen LogP) is 2.59. The molecule has 0 saturated carbocycles. The molecule has 0 N–H and O–H groups in total. The van der Waals surface area contributed by atoms with Crippen molar-refractivity contribution in [3.63, 3.8) is 0 Å². The molecule has 2 aromatic rings. The van der Waals surface area contributed by atoms with Crippen molar-refractivity contribution in [2.24, 2.45) is 18.0 Å². The molecule has 1 aliphatic rings. The second-order valence-corrected chi connectivity index (χ2v) is 6.57. The summed E-state index contributed by atoms with van der Waals surface area (Å²) in [6, 6.07) is 4.53. The molecule has 0 spiro atoms. The summed E-state index contributed by atoms with van der Waals surface area (Å²) in [5.74, 6) is -1.49. The Labute approximate surface area is 145 Å². The minimum absolute atomic E-state index is 0.0254. The van der Waals surface area contributed by atoms with Crippen LogP contribution in [-0.4, -0.2) is 22.9 Å². The van der Waals surface area contributed by atoms with E-state index in [1.165, 1.54) is 28.4 Å². The Balaban J connectivity index is 1.82. The molecule has 25 heavy (non-hydrogen) atoms. The Morgan fingerprint density at radius 2 is 2.12 bits per heavy atom. The largest absolute Gasteiger partial charge is 0.416 e. The first-order chi connectivity index (χ1) is 11.8. The van der Waals surface area contributed by atoms with E-state index in [0.717, 1.165) is 12.1 Å². The number of alkyl halides is 3. The highest BCUT2D eigenvalue weighted by Gasteiger charge is 2.36. The lowest BCUT2D eigenvalue weighted by Gasteiger charge is -2.18. The third kappa shape index (κ3) is 3.65. The number of thiazole rings is 1. The highest BCUT2D eigenvalue weighted by atomic mass is 32.1. The number of anilines is 1. The molecule has 0 bridgehead atoms. The molecule has 1 fully saturated rings. The summed E-state index contributed by atoms with van der Waals surface area (Å²) in [6.45, 7) is 0.0254. The summed E-state index contributed by atoms with van der Waals surface area (Å²) in [5.41, 5.74) is -0.695. The van der Waals surface area contributed by atoms with Crippen LogP contribution in [0, 0.1) is 5.92 Å². The molecule has 2 amide bonds. The highest BCUT2D eigenvalue weighted by Crippen LogP contribution is 2.33. The molecule has 2 heterocycles. The number of benzene rings is 1. The van der Waals surface area contributed by atoms with Gasteiger partial charge in [0.1, 0.15) is 0 Å². The molecule has 5 nitrogen and oxygen atoms in total. The van der Waals surface area contributed by atoms with E-state index in [4.69, 9.17) is 0 Å². The van der Waals surface area contributed by atoms with Gasteiger partial charge in [0.15, 0.2) is 4.80 Å². The lowest BCUT2D eigenvalue weighted by molar-refractivity contribution is -0.137. The SMILES string of the molecule is Cn1ccsc1=NC(=O)[C@@H]1CC(=O)N(c2cccc(C(F)(F)F)c2)C1. The standard InChI is InChI=1S/C16H14F3N3O2S/c1-21-5-6-25-15(21)20-14(24)10-7-13(23)22(9-10)12-4-2-3-11(8-12)16(17,18)19/h2-6,8,10H,7,9H2,1H3/t10-/m1/s1. The van der Waals surface area contributed by atoms with Crippen molar-refractivity contribution < 1.29 is 22.8 Å². The van der Waals surface area contributed by atoms with Gasteiger partial charge in [-0.2, -0.15) is 18.2 Å². The van der Waals surface area contributed by atoms with Gasteiger partial charge in [-0.05, 0) is 18.2 Å². The maximum absolute atomic E-state index is 12.8. The van der Waals surface area contributed by atoms with Crippen LogP contribution in [0.15, 0.2) is 40.8 Å². The summed E-state index contributed by atoms with van der Waals surface area (Å²) in [5, 5.41) is 1.78. The van der Waals surface area contributed by atoms with Gasteiger partial charge in [0.2, 0.25) is 5.91 Å². The van der Waals surface area contributed by atoms with Crippen molar-refractivity contribution in [2.45, 2.75) is 12.6 Å². The maximum atomic E-state index is 12.8. The fourth-order valence-corrected chi connectivity index (χ4v) is 3.33. The zero-order valence-electron chi connectivity index (χ0n) is 13.2. The van der Waals surface area contributed by atoms with Gasteiger partial charge in [-0.1, -0.05) is 6.07 Å². The summed E-state index contributed by atoms with van der Waals surface area (Å²) in [4.78, 5) is 30.2. The molecule has 1 aromatic heterocycles. The number of rotatable bonds is 2. The zero-order valence-corrected chi connectivity index (χ0v) is 14.0. The second-order valence-electron chi connectivity index (χ2n) is 5.70. The van der Waals surface area contributed by atoms with Crippen LogP contribution in [0.2, 0.25) is 0 Å². The van der Waals surface area contributed by atoms with Crippen LogP contribution in [0.5, 0.6) is 0 Å². The number of hydrogen-bond acceptors (Lipinski definition) is 3. The van der Waals surface area contributed by atoms with E-state index < -0.39 is 23.6 Å². The van der Waals surface area contributed by atoms with Crippen molar-refractivity contribution in [3.05, 3.63) is 46.2 Å². The van der Waals surface area contributed by atoms with Crippen LogP contribution in [0.3, 0.4) is 0 Å². The first-order valence-corrected chi connectivity index (χ1v) is 8.30. The van der Waals surface area contributed by atoms with Gasteiger partial charge in [-0.3, -0.25) is 9.59 Å². The fraction of sp³-hybridized carbons (Fsp3) is 0.312. The third-order valence-corrected chi connectivity index (χ3v) is 4.77. The summed E-state index contributed by atoms with van der Waals surface area (Å²) < 4.78 is 40.2. The number of carbonyl (C=O) groups excluding carboxylic acids is 2. The van der Waals surface area contributed by atoms with E-state index in [2.05, 4.69) is 4.99 Å². The van der Waals surface area contributed by atoms with E-state index >= 15 is 0 Å². The number of amides is 2. The summed E-state index contributed by atoms with van der Waals surface area (Å²) in [7, 11) is 1.75. The Morgan fingerprint density at radius 1 is 1.36 bits per heavy atom. The number of halogens is 3. The molecule has 9 heteroatoms. The third-order valence-electron chi connectivity index (χ3n) is 3.92. The van der Waals surface area contributed by atoms with Crippen LogP contribution in [-0.2, 0) is 22.8 Å².